The van der Waals surface area contributed by atoms with Crippen LogP contribution in [0.4, 0.5) is 0 Å². The molecule has 0 N–H and O–H groups in total. The Morgan fingerprint density at radius 3 is 1.65 bits per heavy atom. The van der Waals surface area contributed by atoms with Gasteiger partial charge in [-0.2, -0.15) is 0 Å². The Hall–Kier alpha value is -1.56. The molecule has 2 rings (SSSR count). The van der Waals surface area contributed by atoms with Gasteiger partial charge in [0.2, 0.25) is 0 Å². The van der Waals surface area contributed by atoms with E-state index >= 15 is 0 Å². The van der Waals surface area contributed by atoms with Crippen LogP contribution in [-0.4, -0.2) is 0 Å². The Kier molecular flexibility index (Phi) is 3.77. The molecule has 2 aromatic carbocycles. The molecule has 0 heterocycles. The van der Waals surface area contributed by atoms with E-state index in [1.54, 1.807) is 0 Å². The van der Waals surface area contributed by atoms with Crippen LogP contribution in [0.15, 0.2) is 48.5 Å². The van der Waals surface area contributed by atoms with Gasteiger partial charge in [0, 0.05) is 0 Å². The van der Waals surface area contributed by atoms with Gasteiger partial charge < -0.3 is 0 Å². The maximum Gasteiger partial charge on any atom is -0.0126 e. The fourth-order valence-electron chi connectivity index (χ4n) is 2.54. The summed E-state index contributed by atoms with van der Waals surface area (Å²) in [5, 5.41) is 0. The average molecular weight is 266 g/mol. The lowest BCUT2D eigenvalue weighted by Gasteiger charge is -2.24. The van der Waals surface area contributed by atoms with Crippen LogP contribution in [-0.2, 0) is 10.8 Å². The van der Waals surface area contributed by atoms with Gasteiger partial charge in [0.15, 0.2) is 0 Å². The summed E-state index contributed by atoms with van der Waals surface area (Å²) in [7, 11) is 0. The third-order valence-corrected chi connectivity index (χ3v) is 3.80. The van der Waals surface area contributed by atoms with Gasteiger partial charge >= 0.3 is 0 Å². The highest BCUT2D eigenvalue weighted by molar-refractivity contribution is 5.69. The molecule has 0 saturated carbocycles. The van der Waals surface area contributed by atoms with E-state index in [9.17, 15) is 0 Å². The van der Waals surface area contributed by atoms with E-state index in [0.29, 0.717) is 0 Å². The number of rotatable bonds is 1. The van der Waals surface area contributed by atoms with Crippen molar-refractivity contribution in [3.8, 4) is 11.1 Å². The van der Waals surface area contributed by atoms with Crippen molar-refractivity contribution in [1.29, 1.82) is 0 Å². The van der Waals surface area contributed by atoms with E-state index in [0.717, 1.165) is 0 Å². The van der Waals surface area contributed by atoms with Crippen molar-refractivity contribution in [2.24, 2.45) is 0 Å². The summed E-state index contributed by atoms with van der Waals surface area (Å²) in [5.41, 5.74) is 5.82. The molecule has 0 spiro atoms. The quantitative estimate of drug-likeness (QED) is 0.598. The largest absolute Gasteiger partial charge is 0.0619 e. The van der Waals surface area contributed by atoms with Crippen LogP contribution < -0.4 is 0 Å². The summed E-state index contributed by atoms with van der Waals surface area (Å²) in [6.07, 6.45) is 0. The summed E-state index contributed by atoms with van der Waals surface area (Å²) in [6, 6.07) is 17.8. The van der Waals surface area contributed by atoms with Crippen molar-refractivity contribution in [3.05, 3.63) is 59.7 Å². The molecular formula is C20H26. The molecular weight excluding hydrogens is 240 g/mol. The molecule has 0 aliphatic rings. The second kappa shape index (κ2) is 5.09. The zero-order valence-corrected chi connectivity index (χ0v) is 13.6. The minimum atomic E-state index is 0.166. The highest BCUT2D eigenvalue weighted by atomic mass is 14.2. The molecule has 0 nitrogen and oxygen atoms in total. The van der Waals surface area contributed by atoms with Crippen LogP contribution >= 0.6 is 0 Å². The fourth-order valence-corrected chi connectivity index (χ4v) is 2.54. The molecule has 0 heteroatoms. The molecule has 2 aromatic rings. The van der Waals surface area contributed by atoms with Crippen molar-refractivity contribution in [3.63, 3.8) is 0 Å². The predicted molar refractivity (Wildman–Crippen MR) is 89.3 cm³/mol. The van der Waals surface area contributed by atoms with Crippen LogP contribution in [0, 0.1) is 0 Å². The summed E-state index contributed by atoms with van der Waals surface area (Å²) < 4.78 is 0. The van der Waals surface area contributed by atoms with Crippen LogP contribution in [0.2, 0.25) is 0 Å². The number of benzene rings is 2. The van der Waals surface area contributed by atoms with E-state index in [2.05, 4.69) is 90.1 Å². The van der Waals surface area contributed by atoms with Crippen LogP contribution in [0.5, 0.6) is 0 Å². The first-order valence-corrected chi connectivity index (χ1v) is 7.40. The molecule has 106 valence electrons. The normalized spacial score (nSPS) is 12.5. The van der Waals surface area contributed by atoms with Gasteiger partial charge in [-0.15, -0.1) is 0 Å². The smallest absolute Gasteiger partial charge is 0.0126 e. The average Bonchev–Trinajstić information content (AvgIpc) is 2.37. The van der Waals surface area contributed by atoms with E-state index in [1.807, 2.05) is 0 Å². The Morgan fingerprint density at radius 2 is 1.15 bits per heavy atom. The summed E-state index contributed by atoms with van der Waals surface area (Å²) in [5.74, 6) is 0. The Morgan fingerprint density at radius 1 is 0.600 bits per heavy atom. The maximum atomic E-state index is 2.27. The molecule has 0 atom stereocenters. The van der Waals surface area contributed by atoms with Gasteiger partial charge in [-0.25, -0.2) is 0 Å². The van der Waals surface area contributed by atoms with Crippen molar-refractivity contribution in [2.75, 3.05) is 0 Å². The highest BCUT2D eigenvalue weighted by Crippen LogP contribution is 2.33. The van der Waals surface area contributed by atoms with Gasteiger partial charge in [0.25, 0.3) is 0 Å². The number of hydrogen-bond acceptors (Lipinski definition) is 0. The number of hydrogen-bond donors (Lipinski definition) is 0. The molecule has 0 amide bonds. The third-order valence-electron chi connectivity index (χ3n) is 3.80. The zero-order valence-electron chi connectivity index (χ0n) is 13.6. The Balaban J connectivity index is 2.48. The molecule has 0 fully saturated rings. The minimum Gasteiger partial charge on any atom is -0.0619 e. The van der Waals surface area contributed by atoms with Gasteiger partial charge in [0.1, 0.15) is 0 Å². The van der Waals surface area contributed by atoms with Gasteiger partial charge in [-0.1, -0.05) is 90.1 Å². The molecule has 20 heavy (non-hydrogen) atoms. The summed E-state index contributed by atoms with van der Waals surface area (Å²) in [4.78, 5) is 0. The molecule has 0 unspecified atom stereocenters. The Labute approximate surface area is 123 Å². The first-order valence-electron chi connectivity index (χ1n) is 7.40. The van der Waals surface area contributed by atoms with Crippen molar-refractivity contribution < 1.29 is 0 Å². The topological polar surface area (TPSA) is 0 Å². The lowest BCUT2D eigenvalue weighted by molar-refractivity contribution is 0.589. The Bertz CT molecular complexity index is 575. The molecule has 0 aliphatic heterocycles. The second-order valence-electron chi connectivity index (χ2n) is 7.62. The first-order chi connectivity index (χ1) is 9.19. The maximum absolute atomic E-state index is 2.27. The fraction of sp³-hybridized carbons (Fsp3) is 0.400. The lowest BCUT2D eigenvalue weighted by atomic mass is 9.81. The van der Waals surface area contributed by atoms with E-state index < -0.39 is 0 Å². The second-order valence-corrected chi connectivity index (χ2v) is 7.62. The minimum absolute atomic E-state index is 0.166. The van der Waals surface area contributed by atoms with E-state index in [4.69, 9.17) is 0 Å². The van der Waals surface area contributed by atoms with Crippen molar-refractivity contribution >= 4 is 0 Å². The van der Waals surface area contributed by atoms with Crippen LogP contribution in [0.25, 0.3) is 11.1 Å². The standard InChI is InChI=1S/C20H26/c1-19(2,3)16-13-11-15(12-14-16)17-9-7-8-10-18(17)20(4,5)6/h7-14H,1-6H3. The molecule has 0 bridgehead atoms. The van der Waals surface area contributed by atoms with Crippen molar-refractivity contribution in [1.82, 2.24) is 0 Å². The van der Waals surface area contributed by atoms with Gasteiger partial charge in [0.05, 0.1) is 0 Å². The van der Waals surface area contributed by atoms with Crippen molar-refractivity contribution in [2.45, 2.75) is 52.4 Å². The van der Waals surface area contributed by atoms with Crippen LogP contribution in [0.3, 0.4) is 0 Å². The van der Waals surface area contributed by atoms with Gasteiger partial charge in [-0.05, 0) is 33.1 Å². The monoisotopic (exact) mass is 266 g/mol. The SMILES string of the molecule is CC(C)(C)c1ccc(-c2ccccc2C(C)(C)C)cc1. The summed E-state index contributed by atoms with van der Waals surface area (Å²) >= 11 is 0. The van der Waals surface area contributed by atoms with Crippen LogP contribution in [0.1, 0.15) is 52.7 Å². The van der Waals surface area contributed by atoms with E-state index in [-0.39, 0.29) is 10.8 Å². The highest BCUT2D eigenvalue weighted by Gasteiger charge is 2.19. The molecule has 0 aromatic heterocycles. The zero-order chi connectivity index (χ0) is 15.0. The lowest BCUT2D eigenvalue weighted by Crippen LogP contribution is -2.13. The van der Waals surface area contributed by atoms with Gasteiger partial charge in [-0.3, -0.25) is 0 Å². The summed E-state index contributed by atoms with van der Waals surface area (Å²) in [6.45, 7) is 13.6. The molecule has 0 radical (unpaired) electrons. The molecule has 0 aliphatic carbocycles. The third kappa shape index (κ3) is 3.12. The predicted octanol–water partition coefficient (Wildman–Crippen LogP) is 5.95. The van der Waals surface area contributed by atoms with E-state index in [1.165, 1.54) is 22.3 Å². The molecule has 0 saturated heterocycles. The first kappa shape index (κ1) is 14.8.